The molecule has 0 saturated carbocycles. The molecule has 2 amide bonds. The van der Waals surface area contributed by atoms with E-state index in [2.05, 4.69) is 15.6 Å². The summed E-state index contributed by atoms with van der Waals surface area (Å²) in [4.78, 5) is 43.0. The minimum absolute atomic E-state index is 0.0482. The summed E-state index contributed by atoms with van der Waals surface area (Å²) in [6, 6.07) is 11.9. The van der Waals surface area contributed by atoms with Crippen molar-refractivity contribution >= 4 is 28.8 Å². The molecule has 0 aliphatic heterocycles. The van der Waals surface area contributed by atoms with E-state index in [9.17, 15) is 14.4 Å². The smallest absolute Gasteiger partial charge is 0.287 e. The van der Waals surface area contributed by atoms with E-state index in [1.165, 1.54) is 6.92 Å². The van der Waals surface area contributed by atoms with E-state index >= 15 is 0 Å². The molecule has 0 aliphatic rings. The van der Waals surface area contributed by atoms with Crippen molar-refractivity contribution in [1.29, 1.82) is 0 Å². The number of Topliss-reactive ketones (excluding diaryl/α,β-unsaturated/α-hetero) is 1. The maximum atomic E-state index is 12.8. The van der Waals surface area contributed by atoms with Crippen molar-refractivity contribution < 1.29 is 14.4 Å². The fraction of sp³-hybridized carbons (Fsp3) is 0.238. The molecule has 0 atom stereocenters. The second kappa shape index (κ2) is 8.66. The molecule has 3 rings (SSSR count). The van der Waals surface area contributed by atoms with Gasteiger partial charge in [0.2, 0.25) is 5.82 Å². The van der Waals surface area contributed by atoms with Crippen LogP contribution in [-0.2, 0) is 0 Å². The lowest BCUT2D eigenvalue weighted by atomic mass is 10.1. The Kier molecular flexibility index (Phi) is 6.04. The number of anilines is 1. The first-order valence-corrected chi connectivity index (χ1v) is 9.19. The Morgan fingerprint density at radius 2 is 1.76 bits per heavy atom. The first kappa shape index (κ1) is 20.2. The molecule has 8 nitrogen and oxygen atoms in total. The summed E-state index contributed by atoms with van der Waals surface area (Å²) >= 11 is 0. The van der Waals surface area contributed by atoms with Gasteiger partial charge in [0.05, 0.1) is 5.52 Å². The molecule has 29 heavy (non-hydrogen) atoms. The summed E-state index contributed by atoms with van der Waals surface area (Å²) in [5.41, 5.74) is 1.78. The van der Waals surface area contributed by atoms with Crippen LogP contribution in [0.5, 0.6) is 0 Å². The molecule has 0 bridgehead atoms. The fourth-order valence-electron chi connectivity index (χ4n) is 2.82. The molecule has 1 aromatic carbocycles. The molecule has 2 N–H and O–H groups in total. The Hall–Kier alpha value is -3.52. The minimum atomic E-state index is -0.434. The summed E-state index contributed by atoms with van der Waals surface area (Å²) in [6.45, 7) is 2.65. The Bertz CT molecular complexity index is 1050. The number of ketones is 1. The van der Waals surface area contributed by atoms with E-state index in [1.807, 2.05) is 19.0 Å². The van der Waals surface area contributed by atoms with Crippen LogP contribution < -0.4 is 10.6 Å². The third-order valence-corrected chi connectivity index (χ3v) is 4.36. The second-order valence-corrected chi connectivity index (χ2v) is 6.89. The summed E-state index contributed by atoms with van der Waals surface area (Å²) in [5, 5.41) is 5.58. The normalized spacial score (nSPS) is 10.9. The number of nitrogens with zero attached hydrogens (tertiary/aromatic N) is 3. The number of imidazole rings is 1. The molecule has 0 fully saturated rings. The van der Waals surface area contributed by atoms with Gasteiger partial charge in [-0.2, -0.15) is 0 Å². The van der Waals surface area contributed by atoms with Crippen LogP contribution in [0, 0.1) is 0 Å². The van der Waals surface area contributed by atoms with Crippen LogP contribution in [0.1, 0.15) is 38.4 Å². The quantitative estimate of drug-likeness (QED) is 0.599. The van der Waals surface area contributed by atoms with Gasteiger partial charge in [-0.3, -0.25) is 18.8 Å². The Balaban J connectivity index is 1.84. The number of hydrogen-bond acceptors (Lipinski definition) is 5. The molecule has 2 aromatic heterocycles. The number of benzene rings is 1. The zero-order valence-corrected chi connectivity index (χ0v) is 16.6. The highest BCUT2D eigenvalue weighted by Crippen LogP contribution is 2.16. The Morgan fingerprint density at radius 3 is 2.41 bits per heavy atom. The average molecular weight is 393 g/mol. The summed E-state index contributed by atoms with van der Waals surface area (Å²) in [5.74, 6) is -0.682. The van der Waals surface area contributed by atoms with Crippen LogP contribution in [0.2, 0.25) is 0 Å². The third-order valence-electron chi connectivity index (χ3n) is 4.36. The molecular weight excluding hydrogens is 370 g/mol. The van der Waals surface area contributed by atoms with E-state index in [0.29, 0.717) is 29.9 Å². The SMILES string of the molecule is CC(=O)c1ccc(NC(=O)c2nc(C(=O)NCCN(C)C)n3ccccc23)cc1. The number of fused-ring (bicyclic) bond motifs is 1. The molecule has 0 unspecified atom stereocenters. The predicted molar refractivity (Wildman–Crippen MR) is 110 cm³/mol. The van der Waals surface area contributed by atoms with Crippen LogP contribution >= 0.6 is 0 Å². The van der Waals surface area contributed by atoms with E-state index < -0.39 is 5.91 Å². The lowest BCUT2D eigenvalue weighted by Crippen LogP contribution is -2.32. The minimum Gasteiger partial charge on any atom is -0.348 e. The van der Waals surface area contributed by atoms with Crippen molar-refractivity contribution in [2.45, 2.75) is 6.92 Å². The Labute approximate surface area is 168 Å². The summed E-state index contributed by atoms with van der Waals surface area (Å²) in [6.07, 6.45) is 1.70. The zero-order valence-electron chi connectivity index (χ0n) is 16.6. The average Bonchev–Trinajstić information content (AvgIpc) is 3.08. The predicted octanol–water partition coefficient (Wildman–Crippen LogP) is 2.08. The van der Waals surface area contributed by atoms with Gasteiger partial charge in [-0.15, -0.1) is 0 Å². The standard InChI is InChI=1S/C21H23N5O3/c1-14(27)15-7-9-16(10-8-15)23-20(28)18-17-6-4-5-12-26(17)19(24-18)21(29)22-11-13-25(2)3/h4-10,12H,11,13H2,1-3H3,(H,22,29)(H,23,28). The molecule has 0 saturated heterocycles. The fourth-order valence-corrected chi connectivity index (χ4v) is 2.82. The van der Waals surface area contributed by atoms with Gasteiger partial charge >= 0.3 is 0 Å². The van der Waals surface area contributed by atoms with Crippen molar-refractivity contribution in [2.75, 3.05) is 32.5 Å². The van der Waals surface area contributed by atoms with Gasteiger partial charge < -0.3 is 15.5 Å². The van der Waals surface area contributed by atoms with Gasteiger partial charge in [-0.05, 0) is 57.4 Å². The topological polar surface area (TPSA) is 95.8 Å². The van der Waals surface area contributed by atoms with E-state index in [0.717, 1.165) is 0 Å². The van der Waals surface area contributed by atoms with Crippen molar-refractivity contribution in [2.24, 2.45) is 0 Å². The van der Waals surface area contributed by atoms with Gasteiger partial charge in [-0.25, -0.2) is 4.98 Å². The molecular formula is C21H23N5O3. The number of nitrogens with one attached hydrogen (secondary N) is 2. The first-order chi connectivity index (χ1) is 13.9. The lowest BCUT2D eigenvalue weighted by Gasteiger charge is -2.09. The summed E-state index contributed by atoms with van der Waals surface area (Å²) < 4.78 is 1.60. The molecule has 0 spiro atoms. The number of pyridine rings is 1. The highest BCUT2D eigenvalue weighted by molar-refractivity contribution is 6.09. The van der Waals surface area contributed by atoms with Crippen molar-refractivity contribution in [1.82, 2.24) is 19.6 Å². The Morgan fingerprint density at radius 1 is 1.03 bits per heavy atom. The maximum Gasteiger partial charge on any atom is 0.287 e. The van der Waals surface area contributed by atoms with Crippen LogP contribution in [0.15, 0.2) is 48.7 Å². The second-order valence-electron chi connectivity index (χ2n) is 6.89. The molecule has 0 aliphatic carbocycles. The molecule has 3 aromatic rings. The number of amides is 2. The number of carbonyl (C=O) groups excluding carboxylic acids is 3. The van der Waals surface area contributed by atoms with Gasteiger partial charge in [0.15, 0.2) is 11.5 Å². The van der Waals surface area contributed by atoms with Gasteiger partial charge in [0.25, 0.3) is 11.8 Å². The van der Waals surface area contributed by atoms with Crippen molar-refractivity contribution in [3.8, 4) is 0 Å². The third kappa shape index (κ3) is 4.67. The number of carbonyl (C=O) groups is 3. The zero-order chi connectivity index (χ0) is 21.0. The van der Waals surface area contributed by atoms with Crippen LogP contribution in [-0.4, -0.2) is 59.1 Å². The molecule has 150 valence electrons. The maximum absolute atomic E-state index is 12.8. The molecule has 2 heterocycles. The van der Waals surface area contributed by atoms with E-state index in [4.69, 9.17) is 0 Å². The number of likely N-dealkylation sites (N-methyl/N-ethyl adjacent to an activating group) is 1. The monoisotopic (exact) mass is 393 g/mol. The lowest BCUT2D eigenvalue weighted by molar-refractivity contribution is 0.0939. The number of hydrogen-bond donors (Lipinski definition) is 2. The first-order valence-electron chi connectivity index (χ1n) is 9.19. The molecule has 8 heteroatoms. The van der Waals surface area contributed by atoms with Crippen molar-refractivity contribution in [3.05, 3.63) is 65.7 Å². The van der Waals surface area contributed by atoms with Gasteiger partial charge in [0.1, 0.15) is 0 Å². The van der Waals surface area contributed by atoms with E-state index in [1.54, 1.807) is 53.1 Å². The van der Waals surface area contributed by atoms with Crippen LogP contribution in [0.25, 0.3) is 5.52 Å². The van der Waals surface area contributed by atoms with Crippen LogP contribution in [0.4, 0.5) is 5.69 Å². The highest BCUT2D eigenvalue weighted by atomic mass is 16.2. The van der Waals surface area contributed by atoms with Crippen LogP contribution in [0.3, 0.4) is 0 Å². The number of aromatic nitrogens is 2. The van der Waals surface area contributed by atoms with E-state index in [-0.39, 0.29) is 23.2 Å². The highest BCUT2D eigenvalue weighted by Gasteiger charge is 2.21. The molecule has 0 radical (unpaired) electrons. The number of rotatable bonds is 7. The van der Waals surface area contributed by atoms with Gasteiger partial charge in [0, 0.05) is 30.5 Å². The van der Waals surface area contributed by atoms with Crippen molar-refractivity contribution in [3.63, 3.8) is 0 Å². The summed E-state index contributed by atoms with van der Waals surface area (Å²) in [7, 11) is 3.84. The van der Waals surface area contributed by atoms with Gasteiger partial charge in [-0.1, -0.05) is 6.07 Å². The largest absolute Gasteiger partial charge is 0.348 e.